The number of likely N-dealkylation sites (tertiary alicyclic amines) is 1. The van der Waals surface area contributed by atoms with Crippen molar-refractivity contribution in [2.24, 2.45) is 5.73 Å². The zero-order chi connectivity index (χ0) is 23.4. The number of nitrogens with two attached hydrogens (primary N) is 1. The molecule has 4 rings (SSSR count). The predicted octanol–water partition coefficient (Wildman–Crippen LogP) is 3.42. The molecule has 1 aromatic carbocycles. The number of piperidine rings is 1. The Morgan fingerprint density at radius 2 is 1.91 bits per heavy atom. The van der Waals surface area contributed by atoms with E-state index in [2.05, 4.69) is 32.5 Å². The van der Waals surface area contributed by atoms with Crippen molar-refractivity contribution >= 4 is 23.2 Å². The van der Waals surface area contributed by atoms with E-state index in [0.717, 1.165) is 44.3 Å². The number of primary amides is 1. The summed E-state index contributed by atoms with van der Waals surface area (Å²) >= 11 is 0. The third-order valence-corrected chi connectivity index (χ3v) is 6.52. The molecule has 2 fully saturated rings. The number of ether oxygens (including phenoxy) is 1. The number of nitrogens with zero attached hydrogens (tertiary/aromatic N) is 3. The fourth-order valence-electron chi connectivity index (χ4n) is 4.52. The van der Waals surface area contributed by atoms with Crippen molar-refractivity contribution in [3.05, 3.63) is 41.0 Å². The number of hydrogen-bond acceptors (Lipinski definition) is 7. The number of rotatable bonds is 7. The molecular formula is C24H33FN6O2. The second-order valence-corrected chi connectivity index (χ2v) is 8.90. The van der Waals surface area contributed by atoms with E-state index < -0.39 is 5.91 Å². The van der Waals surface area contributed by atoms with Crippen LogP contribution in [0.1, 0.15) is 60.3 Å². The zero-order valence-electron chi connectivity index (χ0n) is 19.4. The minimum atomic E-state index is -0.680. The lowest BCUT2D eigenvalue weighted by atomic mass is 9.89. The van der Waals surface area contributed by atoms with E-state index in [4.69, 9.17) is 10.5 Å². The summed E-state index contributed by atoms with van der Waals surface area (Å²) in [6.07, 6.45) is 4.22. The molecule has 1 amide bonds. The van der Waals surface area contributed by atoms with E-state index in [1.54, 1.807) is 0 Å². The number of halogens is 1. The number of benzene rings is 1. The maximum atomic E-state index is 15.0. The van der Waals surface area contributed by atoms with E-state index in [1.807, 2.05) is 19.1 Å². The van der Waals surface area contributed by atoms with Crippen LogP contribution in [0.5, 0.6) is 0 Å². The van der Waals surface area contributed by atoms with E-state index >= 15 is 0 Å². The zero-order valence-corrected chi connectivity index (χ0v) is 19.4. The number of aromatic nitrogens is 2. The highest BCUT2D eigenvalue weighted by molar-refractivity contribution is 5.96. The molecule has 33 heavy (non-hydrogen) atoms. The van der Waals surface area contributed by atoms with E-state index in [0.29, 0.717) is 36.8 Å². The minimum Gasteiger partial charge on any atom is -0.381 e. The van der Waals surface area contributed by atoms with Gasteiger partial charge in [-0.2, -0.15) is 0 Å². The Kier molecular flexibility index (Phi) is 7.39. The molecular weight excluding hydrogens is 423 g/mol. The molecule has 2 saturated heterocycles. The van der Waals surface area contributed by atoms with Crippen molar-refractivity contribution in [1.82, 2.24) is 14.9 Å². The minimum absolute atomic E-state index is 0.0455. The van der Waals surface area contributed by atoms with Crippen molar-refractivity contribution in [1.29, 1.82) is 0 Å². The van der Waals surface area contributed by atoms with Gasteiger partial charge in [0.1, 0.15) is 5.82 Å². The molecule has 2 aliphatic heterocycles. The molecule has 9 heteroatoms. The first-order valence-corrected chi connectivity index (χ1v) is 11.7. The number of carbonyl (C=O) groups is 1. The number of anilines is 3. The monoisotopic (exact) mass is 456 g/mol. The average Bonchev–Trinajstić information content (AvgIpc) is 2.81. The maximum Gasteiger partial charge on any atom is 0.271 e. The van der Waals surface area contributed by atoms with Crippen LogP contribution in [0.3, 0.4) is 0 Å². The summed E-state index contributed by atoms with van der Waals surface area (Å²) in [4.78, 5) is 23.5. The average molecular weight is 457 g/mol. The van der Waals surface area contributed by atoms with Gasteiger partial charge in [0, 0.05) is 24.9 Å². The van der Waals surface area contributed by atoms with Gasteiger partial charge in [-0.1, -0.05) is 13.0 Å². The number of amides is 1. The van der Waals surface area contributed by atoms with Gasteiger partial charge in [0.15, 0.2) is 17.3 Å². The second-order valence-electron chi connectivity index (χ2n) is 8.90. The first-order chi connectivity index (χ1) is 15.9. The summed E-state index contributed by atoms with van der Waals surface area (Å²) in [6, 6.07) is 5.33. The lowest BCUT2D eigenvalue weighted by molar-refractivity contribution is 0.0903. The van der Waals surface area contributed by atoms with Crippen LogP contribution in [0, 0.1) is 5.82 Å². The topological polar surface area (TPSA) is 105 Å². The Morgan fingerprint density at radius 3 is 2.55 bits per heavy atom. The van der Waals surface area contributed by atoms with Gasteiger partial charge in [-0.25, -0.2) is 14.4 Å². The van der Waals surface area contributed by atoms with Gasteiger partial charge in [-0.05, 0) is 75.9 Å². The highest BCUT2D eigenvalue weighted by atomic mass is 19.1. The molecule has 3 heterocycles. The van der Waals surface area contributed by atoms with Crippen molar-refractivity contribution in [2.75, 3.05) is 44.0 Å². The van der Waals surface area contributed by atoms with Gasteiger partial charge < -0.3 is 26.0 Å². The highest BCUT2D eigenvalue weighted by Gasteiger charge is 2.23. The lowest BCUT2D eigenvalue weighted by Crippen LogP contribution is -2.29. The molecule has 4 N–H and O–H groups in total. The van der Waals surface area contributed by atoms with Gasteiger partial charge in [-0.15, -0.1) is 0 Å². The summed E-state index contributed by atoms with van der Waals surface area (Å²) in [6.45, 7) is 5.27. The van der Waals surface area contributed by atoms with Crippen LogP contribution in [-0.4, -0.2) is 60.2 Å². The molecule has 2 aliphatic rings. The molecule has 0 spiro atoms. The van der Waals surface area contributed by atoms with Crippen LogP contribution >= 0.6 is 0 Å². The smallest absolute Gasteiger partial charge is 0.271 e. The Morgan fingerprint density at radius 1 is 1.18 bits per heavy atom. The predicted molar refractivity (Wildman–Crippen MR) is 127 cm³/mol. The van der Waals surface area contributed by atoms with Crippen molar-refractivity contribution < 1.29 is 13.9 Å². The van der Waals surface area contributed by atoms with Crippen molar-refractivity contribution in [3.8, 4) is 0 Å². The van der Waals surface area contributed by atoms with Crippen LogP contribution in [-0.2, 0) is 11.2 Å². The SMILES string of the molecule is CCc1nc(C(N)=O)c(Nc2ccc(C3CCN(C)CC3)c(F)c2)nc1NC1CCOCC1. The molecule has 0 bridgehead atoms. The molecule has 0 unspecified atom stereocenters. The molecule has 0 saturated carbocycles. The third kappa shape index (κ3) is 5.59. The highest BCUT2D eigenvalue weighted by Crippen LogP contribution is 2.32. The summed E-state index contributed by atoms with van der Waals surface area (Å²) in [7, 11) is 2.09. The number of carbonyl (C=O) groups excluding carboxylic acids is 1. The summed E-state index contributed by atoms with van der Waals surface area (Å²) < 4.78 is 20.4. The molecule has 0 radical (unpaired) electrons. The van der Waals surface area contributed by atoms with Crippen LogP contribution < -0.4 is 16.4 Å². The van der Waals surface area contributed by atoms with Gasteiger partial charge in [-0.3, -0.25) is 4.79 Å². The number of aryl methyl sites for hydroxylation is 1. The Bertz CT molecular complexity index is 987. The molecule has 1 aromatic heterocycles. The third-order valence-electron chi connectivity index (χ3n) is 6.52. The van der Waals surface area contributed by atoms with Crippen molar-refractivity contribution in [2.45, 2.75) is 51.0 Å². The van der Waals surface area contributed by atoms with Gasteiger partial charge >= 0.3 is 0 Å². The molecule has 0 aliphatic carbocycles. The fraction of sp³-hybridized carbons (Fsp3) is 0.542. The standard InChI is InChI=1S/C24H33FN6O2/c1-3-20-23(27-16-8-12-33-13-9-16)30-24(21(29-20)22(26)32)28-17-4-5-18(19(25)14-17)15-6-10-31(2)11-7-15/h4-5,14-16H,3,6-13H2,1-2H3,(H2,26,32)(H2,27,28,30). The molecule has 8 nitrogen and oxygen atoms in total. The van der Waals surface area contributed by atoms with E-state index in [1.165, 1.54) is 6.07 Å². The second kappa shape index (κ2) is 10.4. The summed E-state index contributed by atoms with van der Waals surface area (Å²) in [5.41, 5.74) is 7.55. The summed E-state index contributed by atoms with van der Waals surface area (Å²) in [5.74, 6) is 0.117. The molecule has 0 atom stereocenters. The van der Waals surface area contributed by atoms with Crippen molar-refractivity contribution in [3.63, 3.8) is 0 Å². The largest absolute Gasteiger partial charge is 0.381 e. The van der Waals surface area contributed by atoms with E-state index in [9.17, 15) is 9.18 Å². The lowest BCUT2D eigenvalue weighted by Gasteiger charge is -2.29. The Labute approximate surface area is 194 Å². The maximum absolute atomic E-state index is 15.0. The number of nitrogens with one attached hydrogen (secondary N) is 2. The van der Waals surface area contributed by atoms with Crippen LogP contribution in [0.25, 0.3) is 0 Å². The van der Waals surface area contributed by atoms with Crippen LogP contribution in [0.4, 0.5) is 21.7 Å². The summed E-state index contributed by atoms with van der Waals surface area (Å²) in [5, 5.41) is 6.51. The van der Waals surface area contributed by atoms with E-state index in [-0.39, 0.29) is 29.3 Å². The van der Waals surface area contributed by atoms with Crippen LogP contribution in [0.15, 0.2) is 18.2 Å². The molecule has 178 valence electrons. The van der Waals surface area contributed by atoms with Crippen LogP contribution in [0.2, 0.25) is 0 Å². The van der Waals surface area contributed by atoms with Gasteiger partial charge in [0.05, 0.1) is 5.69 Å². The Hall–Kier alpha value is -2.78. The Balaban J connectivity index is 1.58. The quantitative estimate of drug-likeness (QED) is 0.586. The first-order valence-electron chi connectivity index (χ1n) is 11.7. The molecule has 2 aromatic rings. The van der Waals surface area contributed by atoms with Gasteiger partial charge in [0.2, 0.25) is 0 Å². The fourth-order valence-corrected chi connectivity index (χ4v) is 4.52. The van der Waals surface area contributed by atoms with Gasteiger partial charge in [0.25, 0.3) is 5.91 Å². The number of hydrogen-bond donors (Lipinski definition) is 3. The normalized spacial score (nSPS) is 18.3. The first kappa shape index (κ1) is 23.4.